The van der Waals surface area contributed by atoms with Crippen LogP contribution in [0.4, 0.5) is 5.69 Å². The van der Waals surface area contributed by atoms with Crippen molar-refractivity contribution < 1.29 is 4.79 Å². The lowest BCUT2D eigenvalue weighted by Gasteiger charge is -2.34. The SMILES string of the molecule is C/C=N\N(C)/C(=C\c1cccc(N2CCC(CCN(C)C)CC2)c1)C(=O)C(C)(C)C. The average Bonchev–Trinajstić information content (AvgIpc) is 2.70. The maximum atomic E-state index is 13.0. The number of allylic oxidation sites excluding steroid dienone is 1. The van der Waals surface area contributed by atoms with E-state index in [1.54, 1.807) is 11.2 Å². The third kappa shape index (κ3) is 6.98. The molecule has 0 N–H and O–H groups in total. The number of benzene rings is 1. The molecule has 0 bridgehead atoms. The van der Waals surface area contributed by atoms with E-state index < -0.39 is 5.41 Å². The quantitative estimate of drug-likeness (QED) is 0.351. The maximum absolute atomic E-state index is 13.0. The zero-order chi connectivity index (χ0) is 22.3. The van der Waals surface area contributed by atoms with Gasteiger partial charge in [0.2, 0.25) is 0 Å². The molecule has 1 saturated heterocycles. The molecule has 0 amide bonds. The first kappa shape index (κ1) is 24.1. The number of Topliss-reactive ketones (excluding diaryl/α,β-unsaturated/α-hetero) is 1. The van der Waals surface area contributed by atoms with Crippen molar-refractivity contribution in [3.63, 3.8) is 0 Å². The van der Waals surface area contributed by atoms with Crippen molar-refractivity contribution in [2.24, 2.45) is 16.4 Å². The number of carbonyl (C=O) groups excluding carboxylic acids is 1. The van der Waals surface area contributed by atoms with Crippen molar-refractivity contribution in [1.29, 1.82) is 0 Å². The van der Waals surface area contributed by atoms with Crippen LogP contribution in [-0.4, -0.2) is 62.7 Å². The van der Waals surface area contributed by atoms with Crippen LogP contribution in [-0.2, 0) is 4.79 Å². The Morgan fingerprint density at radius 3 is 2.43 bits per heavy atom. The fourth-order valence-corrected chi connectivity index (χ4v) is 3.82. The normalized spacial score (nSPS) is 16.5. The van der Waals surface area contributed by atoms with Gasteiger partial charge in [-0.15, -0.1) is 0 Å². The third-order valence-corrected chi connectivity index (χ3v) is 5.69. The van der Waals surface area contributed by atoms with E-state index in [0.29, 0.717) is 5.70 Å². The number of hydrogen-bond donors (Lipinski definition) is 0. The van der Waals surface area contributed by atoms with Crippen molar-refractivity contribution in [1.82, 2.24) is 9.91 Å². The number of likely N-dealkylation sites (N-methyl/N-ethyl adjacent to an activating group) is 1. The summed E-state index contributed by atoms with van der Waals surface area (Å²) in [6.45, 7) is 11.1. The van der Waals surface area contributed by atoms with Crippen LogP contribution in [0.25, 0.3) is 6.08 Å². The number of anilines is 1. The molecule has 1 aromatic rings. The Morgan fingerprint density at radius 1 is 1.20 bits per heavy atom. The Kier molecular flexibility index (Phi) is 8.65. The summed E-state index contributed by atoms with van der Waals surface area (Å²) in [5.41, 5.74) is 2.42. The van der Waals surface area contributed by atoms with Gasteiger partial charge >= 0.3 is 0 Å². The zero-order valence-electron chi connectivity index (χ0n) is 20.0. The van der Waals surface area contributed by atoms with Crippen LogP contribution in [0.3, 0.4) is 0 Å². The highest BCUT2D eigenvalue weighted by molar-refractivity contribution is 6.02. The maximum Gasteiger partial charge on any atom is 0.186 e. The standard InChI is InChI=1S/C25H40N4O/c1-8-26-28(7)23(24(30)25(2,3)4)19-21-10-9-11-22(18-21)29-16-13-20(14-17-29)12-15-27(5)6/h8-11,18-20H,12-17H2,1-7H3/b23-19-,26-8-. The van der Waals surface area contributed by atoms with Crippen molar-refractivity contribution >= 4 is 23.8 Å². The highest BCUT2D eigenvalue weighted by Gasteiger charge is 2.27. The summed E-state index contributed by atoms with van der Waals surface area (Å²) >= 11 is 0. The van der Waals surface area contributed by atoms with Gasteiger partial charge in [0.25, 0.3) is 0 Å². The van der Waals surface area contributed by atoms with E-state index in [4.69, 9.17) is 0 Å². The molecule has 0 aliphatic carbocycles. The molecular weight excluding hydrogens is 372 g/mol. The van der Waals surface area contributed by atoms with Crippen LogP contribution in [0, 0.1) is 11.3 Å². The van der Waals surface area contributed by atoms with Crippen LogP contribution >= 0.6 is 0 Å². The summed E-state index contributed by atoms with van der Waals surface area (Å²) in [5, 5.41) is 5.99. The molecular formula is C25H40N4O. The number of piperidine rings is 1. The molecule has 166 valence electrons. The summed E-state index contributed by atoms with van der Waals surface area (Å²) in [7, 11) is 6.13. The number of nitrogens with zero attached hydrogens (tertiary/aromatic N) is 4. The van der Waals surface area contributed by atoms with Gasteiger partial charge < -0.3 is 9.80 Å². The van der Waals surface area contributed by atoms with E-state index in [1.807, 2.05) is 40.8 Å². The average molecular weight is 413 g/mol. The molecule has 0 aromatic heterocycles. The van der Waals surface area contributed by atoms with Gasteiger partial charge in [0, 0.05) is 37.5 Å². The highest BCUT2D eigenvalue weighted by Crippen LogP contribution is 2.28. The second-order valence-corrected chi connectivity index (χ2v) is 9.62. The van der Waals surface area contributed by atoms with Crippen molar-refractivity contribution in [3.8, 4) is 0 Å². The molecule has 5 heteroatoms. The monoisotopic (exact) mass is 412 g/mol. The molecule has 0 saturated carbocycles. The highest BCUT2D eigenvalue weighted by atomic mass is 16.1. The first-order valence-corrected chi connectivity index (χ1v) is 11.1. The predicted molar refractivity (Wildman–Crippen MR) is 129 cm³/mol. The molecule has 0 radical (unpaired) electrons. The molecule has 1 heterocycles. The summed E-state index contributed by atoms with van der Waals surface area (Å²) in [5.74, 6) is 0.908. The summed E-state index contributed by atoms with van der Waals surface area (Å²) in [6.07, 6.45) is 7.45. The second kappa shape index (κ2) is 10.8. The smallest absolute Gasteiger partial charge is 0.186 e. The Labute approximate surface area is 183 Å². The minimum atomic E-state index is -0.463. The second-order valence-electron chi connectivity index (χ2n) is 9.62. The van der Waals surface area contributed by atoms with E-state index >= 15 is 0 Å². The summed E-state index contributed by atoms with van der Waals surface area (Å²) in [4.78, 5) is 17.8. The molecule has 1 aromatic carbocycles. The van der Waals surface area contributed by atoms with E-state index in [-0.39, 0.29) is 5.78 Å². The van der Waals surface area contributed by atoms with Crippen LogP contribution in [0.1, 0.15) is 52.5 Å². The predicted octanol–water partition coefficient (Wildman–Crippen LogP) is 4.75. The van der Waals surface area contributed by atoms with Crippen molar-refractivity contribution in [3.05, 3.63) is 35.5 Å². The Balaban J connectivity index is 2.17. The third-order valence-electron chi connectivity index (χ3n) is 5.69. The zero-order valence-corrected chi connectivity index (χ0v) is 20.0. The first-order valence-electron chi connectivity index (χ1n) is 11.1. The van der Waals surface area contributed by atoms with Gasteiger partial charge in [-0.2, -0.15) is 5.10 Å². The minimum absolute atomic E-state index is 0.0858. The van der Waals surface area contributed by atoms with Crippen LogP contribution in [0.15, 0.2) is 35.1 Å². The first-order chi connectivity index (χ1) is 14.1. The van der Waals surface area contributed by atoms with E-state index in [1.165, 1.54) is 31.5 Å². The molecule has 30 heavy (non-hydrogen) atoms. The Hall–Kier alpha value is -2.14. The molecule has 1 aliphatic heterocycles. The van der Waals surface area contributed by atoms with Gasteiger partial charge in [0.05, 0.1) is 0 Å². The van der Waals surface area contributed by atoms with Gasteiger partial charge in [0.15, 0.2) is 5.78 Å². The van der Waals surface area contributed by atoms with Crippen molar-refractivity contribution in [2.45, 2.75) is 47.0 Å². The van der Waals surface area contributed by atoms with Gasteiger partial charge in [-0.3, -0.25) is 9.80 Å². The molecule has 0 unspecified atom stereocenters. The molecule has 5 nitrogen and oxygen atoms in total. The van der Waals surface area contributed by atoms with E-state index in [2.05, 4.69) is 53.3 Å². The van der Waals surface area contributed by atoms with E-state index in [0.717, 1.165) is 24.6 Å². The summed E-state index contributed by atoms with van der Waals surface area (Å²) in [6, 6.07) is 8.52. The lowest BCUT2D eigenvalue weighted by atomic mass is 9.88. The number of hydrogen-bond acceptors (Lipinski definition) is 5. The van der Waals surface area contributed by atoms with E-state index in [9.17, 15) is 4.79 Å². The van der Waals surface area contributed by atoms with Gasteiger partial charge in [0.1, 0.15) is 5.70 Å². The van der Waals surface area contributed by atoms with Gasteiger partial charge in [-0.1, -0.05) is 32.9 Å². The molecule has 0 atom stereocenters. The molecule has 1 aliphatic rings. The fraction of sp³-hybridized carbons (Fsp3) is 0.600. The lowest BCUT2D eigenvalue weighted by Crippen LogP contribution is -2.34. The van der Waals surface area contributed by atoms with Gasteiger partial charge in [-0.05, 0) is 76.5 Å². The molecule has 0 spiro atoms. The Morgan fingerprint density at radius 2 is 1.87 bits per heavy atom. The molecule has 1 fully saturated rings. The van der Waals surface area contributed by atoms with Crippen LogP contribution in [0.2, 0.25) is 0 Å². The molecule has 2 rings (SSSR count). The summed E-state index contributed by atoms with van der Waals surface area (Å²) < 4.78 is 0. The number of rotatable bonds is 8. The number of hydrazone groups is 1. The topological polar surface area (TPSA) is 39.1 Å². The Bertz CT molecular complexity index is 753. The number of carbonyl (C=O) groups is 1. The van der Waals surface area contributed by atoms with Crippen LogP contribution in [0.5, 0.6) is 0 Å². The fourth-order valence-electron chi connectivity index (χ4n) is 3.82. The number of ketones is 1. The van der Waals surface area contributed by atoms with Crippen molar-refractivity contribution in [2.75, 3.05) is 45.7 Å². The van der Waals surface area contributed by atoms with Gasteiger partial charge in [-0.25, -0.2) is 0 Å². The van der Waals surface area contributed by atoms with Crippen LogP contribution < -0.4 is 4.90 Å². The lowest BCUT2D eigenvalue weighted by molar-refractivity contribution is -0.123. The largest absolute Gasteiger partial charge is 0.371 e. The minimum Gasteiger partial charge on any atom is -0.371 e.